The van der Waals surface area contributed by atoms with Crippen molar-refractivity contribution in [3.63, 3.8) is 0 Å². The first-order valence-electron chi connectivity index (χ1n) is 7.86. The number of carbonyl (C=O) groups excluding carboxylic acids is 1. The number of pyridine rings is 1. The van der Waals surface area contributed by atoms with Crippen molar-refractivity contribution in [1.82, 2.24) is 9.88 Å². The van der Waals surface area contributed by atoms with Gasteiger partial charge in [-0.15, -0.1) is 11.3 Å². The Morgan fingerprint density at radius 2 is 2.30 bits per heavy atom. The molecule has 2 fully saturated rings. The number of morpholine rings is 1. The molecule has 5 nitrogen and oxygen atoms in total. The molecule has 1 aliphatic carbocycles. The predicted octanol–water partition coefficient (Wildman–Crippen LogP) is 2.59. The minimum Gasteiger partial charge on any atom is -0.486 e. The van der Waals surface area contributed by atoms with Crippen molar-refractivity contribution in [1.29, 1.82) is 0 Å². The van der Waals surface area contributed by atoms with Gasteiger partial charge in [-0.25, -0.2) is 0 Å². The number of aromatic nitrogens is 1. The Morgan fingerprint density at radius 1 is 1.35 bits per heavy atom. The molecule has 6 heteroatoms. The number of hydrogen-bond acceptors (Lipinski definition) is 5. The van der Waals surface area contributed by atoms with Crippen LogP contribution in [0.1, 0.15) is 22.5 Å². The molecule has 0 spiro atoms. The van der Waals surface area contributed by atoms with Gasteiger partial charge in [0.1, 0.15) is 18.0 Å². The van der Waals surface area contributed by atoms with Gasteiger partial charge in [-0.1, -0.05) is 6.07 Å². The molecule has 2 aromatic rings. The van der Waals surface area contributed by atoms with E-state index in [9.17, 15) is 4.79 Å². The van der Waals surface area contributed by atoms with Crippen LogP contribution in [-0.4, -0.2) is 47.2 Å². The highest BCUT2D eigenvalue weighted by molar-refractivity contribution is 7.12. The summed E-state index contributed by atoms with van der Waals surface area (Å²) in [4.78, 5) is 19.5. The largest absolute Gasteiger partial charge is 0.486 e. The van der Waals surface area contributed by atoms with Crippen LogP contribution < -0.4 is 4.74 Å². The van der Waals surface area contributed by atoms with E-state index in [1.54, 1.807) is 12.4 Å². The molecule has 120 valence electrons. The molecule has 3 heterocycles. The summed E-state index contributed by atoms with van der Waals surface area (Å²) >= 11 is 1.49. The Morgan fingerprint density at radius 3 is 3.09 bits per heavy atom. The highest BCUT2D eigenvalue weighted by Gasteiger charge is 2.45. The van der Waals surface area contributed by atoms with Crippen molar-refractivity contribution in [2.24, 2.45) is 0 Å². The van der Waals surface area contributed by atoms with Crippen LogP contribution in [0.3, 0.4) is 0 Å². The van der Waals surface area contributed by atoms with E-state index in [0.29, 0.717) is 13.2 Å². The second-order valence-electron chi connectivity index (χ2n) is 5.80. The quantitative estimate of drug-likeness (QED) is 0.868. The molecule has 2 aliphatic rings. The van der Waals surface area contributed by atoms with Crippen LogP contribution in [0.5, 0.6) is 5.75 Å². The van der Waals surface area contributed by atoms with Crippen LogP contribution in [0.15, 0.2) is 42.0 Å². The van der Waals surface area contributed by atoms with Crippen molar-refractivity contribution in [3.05, 3.63) is 46.9 Å². The Labute approximate surface area is 138 Å². The van der Waals surface area contributed by atoms with E-state index in [1.165, 1.54) is 11.3 Å². The number of thiophene rings is 1. The zero-order valence-electron chi connectivity index (χ0n) is 12.6. The maximum atomic E-state index is 12.7. The van der Waals surface area contributed by atoms with Crippen molar-refractivity contribution >= 4 is 17.2 Å². The van der Waals surface area contributed by atoms with Crippen molar-refractivity contribution < 1.29 is 14.3 Å². The van der Waals surface area contributed by atoms with Gasteiger partial charge in [-0.05, 0) is 36.4 Å². The zero-order valence-corrected chi connectivity index (χ0v) is 13.4. The number of ether oxygens (including phenoxy) is 2. The summed E-state index contributed by atoms with van der Waals surface area (Å²) < 4.78 is 12.0. The van der Waals surface area contributed by atoms with E-state index < -0.39 is 0 Å². The van der Waals surface area contributed by atoms with Gasteiger partial charge in [-0.2, -0.15) is 0 Å². The summed E-state index contributed by atoms with van der Waals surface area (Å²) in [6.45, 7) is 1.21. The van der Waals surface area contributed by atoms with Crippen LogP contribution in [0, 0.1) is 0 Å². The van der Waals surface area contributed by atoms with E-state index in [2.05, 4.69) is 4.98 Å². The summed E-state index contributed by atoms with van der Waals surface area (Å²) in [5.41, 5.74) is 0. The molecule has 0 unspecified atom stereocenters. The molecule has 3 atom stereocenters. The highest BCUT2D eigenvalue weighted by atomic mass is 32.1. The van der Waals surface area contributed by atoms with Crippen molar-refractivity contribution in [3.8, 4) is 5.75 Å². The van der Waals surface area contributed by atoms with Crippen LogP contribution in [0.25, 0.3) is 0 Å². The van der Waals surface area contributed by atoms with Crippen LogP contribution in [0.2, 0.25) is 0 Å². The molecule has 23 heavy (non-hydrogen) atoms. The third kappa shape index (κ3) is 2.84. The lowest BCUT2D eigenvalue weighted by Crippen LogP contribution is -2.54. The number of fused-ring (bicyclic) bond motifs is 1. The molecule has 1 aliphatic heterocycles. The zero-order chi connectivity index (χ0) is 15.6. The first-order valence-corrected chi connectivity index (χ1v) is 8.73. The van der Waals surface area contributed by atoms with Gasteiger partial charge in [0.15, 0.2) is 0 Å². The van der Waals surface area contributed by atoms with Gasteiger partial charge in [-0.3, -0.25) is 9.78 Å². The lowest BCUT2D eigenvalue weighted by Gasteiger charge is -2.38. The normalized spacial score (nSPS) is 26.8. The number of hydrogen-bond donors (Lipinski definition) is 0. The lowest BCUT2D eigenvalue weighted by molar-refractivity contribution is -0.0785. The first kappa shape index (κ1) is 14.7. The van der Waals surface area contributed by atoms with E-state index in [0.717, 1.165) is 23.5 Å². The minimum absolute atomic E-state index is 0.0249. The first-order chi connectivity index (χ1) is 11.3. The third-order valence-electron chi connectivity index (χ3n) is 4.45. The Balaban J connectivity index is 1.49. The van der Waals surface area contributed by atoms with E-state index in [-0.39, 0.29) is 24.2 Å². The van der Waals surface area contributed by atoms with Gasteiger partial charge in [0.05, 0.1) is 23.7 Å². The summed E-state index contributed by atoms with van der Waals surface area (Å²) in [5.74, 6) is 0.865. The number of nitrogens with zero attached hydrogens (tertiary/aromatic N) is 2. The fourth-order valence-corrected chi connectivity index (χ4v) is 4.11. The molecular weight excluding hydrogens is 312 g/mol. The third-order valence-corrected chi connectivity index (χ3v) is 5.31. The van der Waals surface area contributed by atoms with E-state index >= 15 is 0 Å². The molecule has 0 bridgehead atoms. The topological polar surface area (TPSA) is 51.7 Å². The average molecular weight is 330 g/mol. The highest BCUT2D eigenvalue weighted by Crippen LogP contribution is 2.34. The number of amides is 1. The smallest absolute Gasteiger partial charge is 0.264 e. The van der Waals surface area contributed by atoms with E-state index in [1.807, 2.05) is 34.5 Å². The Kier molecular flexibility index (Phi) is 4.01. The predicted molar refractivity (Wildman–Crippen MR) is 86.8 cm³/mol. The van der Waals surface area contributed by atoms with Gasteiger partial charge in [0.2, 0.25) is 0 Å². The monoisotopic (exact) mass is 330 g/mol. The summed E-state index contributed by atoms with van der Waals surface area (Å²) in [7, 11) is 0. The average Bonchev–Trinajstić information content (AvgIpc) is 3.25. The lowest BCUT2D eigenvalue weighted by atomic mass is 10.1. The van der Waals surface area contributed by atoms with E-state index in [4.69, 9.17) is 9.47 Å². The maximum Gasteiger partial charge on any atom is 0.264 e. The Bertz CT molecular complexity index is 662. The molecule has 4 rings (SSSR count). The van der Waals surface area contributed by atoms with Crippen LogP contribution in [0.4, 0.5) is 0 Å². The fraction of sp³-hybridized carbons (Fsp3) is 0.412. The molecule has 1 amide bonds. The van der Waals surface area contributed by atoms with Crippen LogP contribution in [-0.2, 0) is 4.74 Å². The van der Waals surface area contributed by atoms with Gasteiger partial charge >= 0.3 is 0 Å². The molecular formula is C17H18N2O3S. The number of carbonyl (C=O) groups is 1. The molecule has 0 aromatic carbocycles. The second-order valence-corrected chi connectivity index (χ2v) is 6.75. The Hall–Kier alpha value is -1.92. The minimum atomic E-state index is -0.0622. The SMILES string of the molecule is O=C(c1cccs1)N1CCO[C@H]2[C@@H](Oc3cccnc3)CC[C@@H]21. The molecule has 1 saturated carbocycles. The summed E-state index contributed by atoms with van der Waals surface area (Å²) in [5, 5.41) is 1.94. The van der Waals surface area contributed by atoms with Crippen molar-refractivity contribution in [2.75, 3.05) is 13.2 Å². The number of rotatable bonds is 3. The van der Waals surface area contributed by atoms with Gasteiger partial charge < -0.3 is 14.4 Å². The van der Waals surface area contributed by atoms with Gasteiger partial charge in [0, 0.05) is 12.7 Å². The molecule has 0 radical (unpaired) electrons. The molecule has 1 saturated heterocycles. The summed E-state index contributed by atoms with van der Waals surface area (Å²) in [6.07, 6.45) is 5.15. The molecule has 2 aromatic heterocycles. The van der Waals surface area contributed by atoms with Crippen LogP contribution >= 0.6 is 11.3 Å². The second kappa shape index (κ2) is 6.29. The standard InChI is InChI=1S/C17H18N2O3S/c20-17(15-4-2-10-23-15)19-8-9-21-16-13(19)5-6-14(16)22-12-3-1-7-18-11-12/h1-4,7,10-11,13-14,16H,5-6,8-9H2/t13-,14-,16+/m0/s1. The van der Waals surface area contributed by atoms with Crippen molar-refractivity contribution in [2.45, 2.75) is 31.1 Å². The maximum absolute atomic E-state index is 12.7. The van der Waals surface area contributed by atoms with Gasteiger partial charge in [0.25, 0.3) is 5.91 Å². The summed E-state index contributed by atoms with van der Waals surface area (Å²) in [6, 6.07) is 7.66. The fourth-order valence-electron chi connectivity index (χ4n) is 3.43. The molecule has 0 N–H and O–H groups in total.